The molecule has 1 aliphatic heterocycles. The molecule has 1 amide bonds. The maximum Gasteiger partial charge on any atom is 0.248 e. The zero-order valence-corrected chi connectivity index (χ0v) is 15.9. The second kappa shape index (κ2) is 8.76. The molecule has 154 valence electrons. The van der Waals surface area contributed by atoms with Crippen LogP contribution in [0.4, 0.5) is 18.9 Å². The van der Waals surface area contributed by atoms with Crippen LogP contribution in [-0.2, 0) is 19.6 Å². The second-order valence-electron chi connectivity index (χ2n) is 6.13. The SMILES string of the molecule is O=C(/C=C/c1ccc(S(=O)(=O)N2CCOCC2)cc1)Nc1ccc(F)c(F)c1F. The number of morpholine rings is 1. The quantitative estimate of drug-likeness (QED) is 0.589. The fourth-order valence-electron chi connectivity index (χ4n) is 2.66. The summed E-state index contributed by atoms with van der Waals surface area (Å²) >= 11 is 0. The molecule has 0 saturated carbocycles. The first kappa shape index (κ1) is 21.0. The molecule has 1 aliphatic rings. The van der Waals surface area contributed by atoms with Crippen molar-refractivity contribution in [2.45, 2.75) is 4.90 Å². The Kier molecular flexibility index (Phi) is 6.36. The predicted octanol–water partition coefficient (Wildman–Crippen LogP) is 2.78. The zero-order valence-electron chi connectivity index (χ0n) is 15.1. The normalized spacial score (nSPS) is 15.6. The minimum Gasteiger partial charge on any atom is -0.379 e. The van der Waals surface area contributed by atoms with Crippen molar-refractivity contribution in [3.63, 3.8) is 0 Å². The van der Waals surface area contributed by atoms with Crippen LogP contribution in [0.25, 0.3) is 6.08 Å². The van der Waals surface area contributed by atoms with E-state index >= 15 is 0 Å². The lowest BCUT2D eigenvalue weighted by Crippen LogP contribution is -2.40. The van der Waals surface area contributed by atoms with Gasteiger partial charge in [-0.15, -0.1) is 0 Å². The highest BCUT2D eigenvalue weighted by Crippen LogP contribution is 2.20. The van der Waals surface area contributed by atoms with Gasteiger partial charge >= 0.3 is 0 Å². The number of rotatable bonds is 5. The maximum absolute atomic E-state index is 13.6. The lowest BCUT2D eigenvalue weighted by Gasteiger charge is -2.26. The number of carbonyl (C=O) groups excluding carboxylic acids is 1. The summed E-state index contributed by atoms with van der Waals surface area (Å²) in [7, 11) is -3.62. The standard InChI is InChI=1S/C19H17F3N2O4S/c20-15-6-7-16(19(22)18(15)21)23-17(25)8-3-13-1-4-14(5-2-13)29(26,27)24-9-11-28-12-10-24/h1-8H,9-12H2,(H,23,25)/b8-3+. The molecule has 1 N–H and O–H groups in total. The van der Waals surface area contributed by atoms with E-state index in [1.54, 1.807) is 0 Å². The highest BCUT2D eigenvalue weighted by Gasteiger charge is 2.26. The average Bonchev–Trinajstić information content (AvgIpc) is 2.73. The third-order valence-corrected chi connectivity index (χ3v) is 6.12. The number of ether oxygens (including phenoxy) is 1. The largest absolute Gasteiger partial charge is 0.379 e. The molecule has 0 spiro atoms. The molecule has 2 aromatic rings. The van der Waals surface area contributed by atoms with Crippen LogP contribution in [0.3, 0.4) is 0 Å². The Morgan fingerprint density at radius 1 is 1.00 bits per heavy atom. The fourth-order valence-corrected chi connectivity index (χ4v) is 4.06. The van der Waals surface area contributed by atoms with Gasteiger partial charge < -0.3 is 10.1 Å². The van der Waals surface area contributed by atoms with Crippen LogP contribution in [0.15, 0.2) is 47.4 Å². The summed E-state index contributed by atoms with van der Waals surface area (Å²) in [6.45, 7) is 1.25. The number of hydrogen-bond donors (Lipinski definition) is 1. The summed E-state index contributed by atoms with van der Waals surface area (Å²) in [5.74, 6) is -5.30. The molecule has 0 aromatic heterocycles. The topological polar surface area (TPSA) is 75.7 Å². The van der Waals surface area contributed by atoms with Gasteiger partial charge in [0, 0.05) is 19.2 Å². The van der Waals surface area contributed by atoms with Crippen LogP contribution in [-0.4, -0.2) is 44.9 Å². The van der Waals surface area contributed by atoms with Crippen molar-refractivity contribution < 1.29 is 31.1 Å². The molecular weight excluding hydrogens is 409 g/mol. The van der Waals surface area contributed by atoms with Gasteiger partial charge in [-0.25, -0.2) is 21.6 Å². The van der Waals surface area contributed by atoms with Gasteiger partial charge in [-0.05, 0) is 35.9 Å². The van der Waals surface area contributed by atoms with Gasteiger partial charge in [0.25, 0.3) is 0 Å². The smallest absolute Gasteiger partial charge is 0.248 e. The number of benzene rings is 2. The number of nitrogens with one attached hydrogen (secondary N) is 1. The van der Waals surface area contributed by atoms with E-state index in [0.717, 1.165) is 12.1 Å². The fraction of sp³-hybridized carbons (Fsp3) is 0.211. The Morgan fingerprint density at radius 3 is 2.31 bits per heavy atom. The summed E-state index contributed by atoms with van der Waals surface area (Å²) < 4.78 is 71.2. The number of carbonyl (C=O) groups is 1. The summed E-state index contributed by atoms with van der Waals surface area (Å²) in [4.78, 5) is 12.0. The van der Waals surface area contributed by atoms with Crippen molar-refractivity contribution in [3.8, 4) is 0 Å². The second-order valence-corrected chi connectivity index (χ2v) is 8.07. The maximum atomic E-state index is 13.6. The molecule has 6 nitrogen and oxygen atoms in total. The molecule has 10 heteroatoms. The molecule has 1 heterocycles. The van der Waals surface area contributed by atoms with E-state index < -0.39 is 39.1 Å². The first-order valence-electron chi connectivity index (χ1n) is 8.59. The van der Waals surface area contributed by atoms with Crippen LogP contribution in [0, 0.1) is 17.5 Å². The molecular formula is C19H17F3N2O4S. The number of nitrogens with zero attached hydrogens (tertiary/aromatic N) is 1. The summed E-state index contributed by atoms with van der Waals surface area (Å²) in [5.41, 5.74) is 0.0253. The van der Waals surface area contributed by atoms with E-state index in [-0.39, 0.29) is 18.0 Å². The summed E-state index contributed by atoms with van der Waals surface area (Å²) in [6, 6.07) is 7.45. The molecule has 29 heavy (non-hydrogen) atoms. The van der Waals surface area contributed by atoms with Crippen LogP contribution < -0.4 is 5.32 Å². The molecule has 0 unspecified atom stereocenters. The Hall–Kier alpha value is -2.69. The molecule has 0 radical (unpaired) electrons. The molecule has 0 bridgehead atoms. The van der Waals surface area contributed by atoms with Gasteiger partial charge in [0.2, 0.25) is 15.9 Å². The minimum atomic E-state index is -3.62. The molecule has 1 fully saturated rings. The minimum absolute atomic E-state index is 0.116. The van der Waals surface area contributed by atoms with Gasteiger partial charge in [0.15, 0.2) is 17.5 Å². The summed E-state index contributed by atoms with van der Waals surface area (Å²) in [5, 5.41) is 2.11. The number of halogens is 3. The molecule has 1 saturated heterocycles. The van der Waals surface area contributed by atoms with Gasteiger partial charge in [-0.2, -0.15) is 4.31 Å². The lowest BCUT2D eigenvalue weighted by atomic mass is 10.2. The number of sulfonamides is 1. The van der Waals surface area contributed by atoms with Crippen LogP contribution >= 0.6 is 0 Å². The number of anilines is 1. The van der Waals surface area contributed by atoms with Gasteiger partial charge in [-0.1, -0.05) is 12.1 Å². The van der Waals surface area contributed by atoms with Gasteiger partial charge in [0.1, 0.15) is 0 Å². The van der Waals surface area contributed by atoms with Crippen LogP contribution in [0.5, 0.6) is 0 Å². The Balaban J connectivity index is 1.67. The van der Waals surface area contributed by atoms with Crippen LogP contribution in [0.2, 0.25) is 0 Å². The van der Waals surface area contributed by atoms with Crippen molar-refractivity contribution in [2.24, 2.45) is 0 Å². The number of hydrogen-bond acceptors (Lipinski definition) is 4. The number of amides is 1. The highest BCUT2D eigenvalue weighted by atomic mass is 32.2. The average molecular weight is 426 g/mol. The van der Waals surface area contributed by atoms with E-state index in [1.165, 1.54) is 34.6 Å². The predicted molar refractivity (Wildman–Crippen MR) is 100.0 cm³/mol. The Bertz CT molecular complexity index is 1030. The third-order valence-electron chi connectivity index (χ3n) is 4.21. The lowest BCUT2D eigenvalue weighted by molar-refractivity contribution is -0.111. The van der Waals surface area contributed by atoms with E-state index in [2.05, 4.69) is 5.32 Å². The molecule has 2 aromatic carbocycles. The van der Waals surface area contributed by atoms with Crippen molar-refractivity contribution in [1.82, 2.24) is 4.31 Å². The van der Waals surface area contributed by atoms with Crippen molar-refractivity contribution >= 4 is 27.7 Å². The van der Waals surface area contributed by atoms with Crippen LogP contribution in [0.1, 0.15) is 5.56 Å². The zero-order chi connectivity index (χ0) is 21.0. The monoisotopic (exact) mass is 426 g/mol. The van der Waals surface area contributed by atoms with E-state index in [4.69, 9.17) is 4.74 Å². The Morgan fingerprint density at radius 2 is 1.66 bits per heavy atom. The van der Waals surface area contributed by atoms with E-state index in [1.807, 2.05) is 0 Å². The first-order valence-corrected chi connectivity index (χ1v) is 10.0. The van der Waals surface area contributed by atoms with Gasteiger partial charge in [-0.3, -0.25) is 4.79 Å². The first-order chi connectivity index (χ1) is 13.8. The Labute approximate surface area is 165 Å². The van der Waals surface area contributed by atoms with E-state index in [0.29, 0.717) is 24.8 Å². The highest BCUT2D eigenvalue weighted by molar-refractivity contribution is 7.89. The van der Waals surface area contributed by atoms with Crippen molar-refractivity contribution in [1.29, 1.82) is 0 Å². The van der Waals surface area contributed by atoms with Gasteiger partial charge in [0.05, 0.1) is 23.8 Å². The van der Waals surface area contributed by atoms with E-state index in [9.17, 15) is 26.4 Å². The molecule has 0 atom stereocenters. The molecule has 3 rings (SSSR count). The van der Waals surface area contributed by atoms with Crippen molar-refractivity contribution in [2.75, 3.05) is 31.6 Å². The molecule has 0 aliphatic carbocycles. The van der Waals surface area contributed by atoms with Crippen molar-refractivity contribution in [3.05, 3.63) is 65.5 Å². The summed E-state index contributed by atoms with van der Waals surface area (Å²) in [6.07, 6.45) is 2.43. The third kappa shape index (κ3) is 4.84.